The number of hydrogen-bond donors (Lipinski definition) is 2. The van der Waals surface area contributed by atoms with E-state index in [2.05, 4.69) is 4.98 Å². The third-order valence-corrected chi connectivity index (χ3v) is 3.29. The molecular weight excluding hydrogens is 212 g/mol. The van der Waals surface area contributed by atoms with E-state index in [4.69, 9.17) is 17.3 Å². The molecule has 82 valence electrons. The predicted octanol–water partition coefficient (Wildman–Crippen LogP) is 2.54. The van der Waals surface area contributed by atoms with Crippen molar-refractivity contribution >= 4 is 17.4 Å². The van der Waals surface area contributed by atoms with E-state index < -0.39 is 6.10 Å². The number of nitrogen functional groups attached to an aromatic ring is 1. The number of aromatic nitrogens is 1. The first-order chi connectivity index (χ1) is 7.18. The summed E-state index contributed by atoms with van der Waals surface area (Å²) in [5.74, 6) is 0.700. The minimum absolute atomic E-state index is 0.313. The molecule has 0 aliphatic heterocycles. The molecule has 2 rings (SSSR count). The molecule has 0 aromatic carbocycles. The maximum atomic E-state index is 10.1. The van der Waals surface area contributed by atoms with Crippen molar-refractivity contribution in [2.75, 3.05) is 5.73 Å². The third-order valence-electron chi connectivity index (χ3n) is 3.08. The molecule has 0 spiro atoms. The van der Waals surface area contributed by atoms with Crippen molar-refractivity contribution < 1.29 is 5.11 Å². The van der Waals surface area contributed by atoms with Gasteiger partial charge in [-0.2, -0.15) is 0 Å². The van der Waals surface area contributed by atoms with Crippen LogP contribution in [0.2, 0.25) is 5.02 Å². The highest BCUT2D eigenvalue weighted by molar-refractivity contribution is 6.30. The molecule has 1 aliphatic rings. The highest BCUT2D eigenvalue weighted by atomic mass is 35.5. The van der Waals surface area contributed by atoms with E-state index in [-0.39, 0.29) is 0 Å². The van der Waals surface area contributed by atoms with Crippen molar-refractivity contribution in [2.24, 2.45) is 5.92 Å². The van der Waals surface area contributed by atoms with Crippen molar-refractivity contribution in [1.82, 2.24) is 4.98 Å². The van der Waals surface area contributed by atoms with E-state index in [1.807, 2.05) is 0 Å². The van der Waals surface area contributed by atoms with Gasteiger partial charge in [-0.3, -0.25) is 0 Å². The number of nitrogens with zero attached hydrogens (tertiary/aromatic N) is 1. The van der Waals surface area contributed by atoms with Crippen LogP contribution in [0.1, 0.15) is 37.4 Å². The lowest BCUT2D eigenvalue weighted by molar-refractivity contribution is 0.112. The number of hydrogen-bond acceptors (Lipinski definition) is 3. The Morgan fingerprint density at radius 2 is 2.13 bits per heavy atom. The van der Waals surface area contributed by atoms with Crippen molar-refractivity contribution in [2.45, 2.75) is 31.8 Å². The van der Waals surface area contributed by atoms with Gasteiger partial charge in [0.2, 0.25) is 0 Å². The van der Waals surface area contributed by atoms with Crippen LogP contribution in [-0.2, 0) is 0 Å². The molecule has 3 N–H and O–H groups in total. The summed E-state index contributed by atoms with van der Waals surface area (Å²) in [6, 6.07) is 1.72. The fourth-order valence-corrected chi connectivity index (χ4v) is 2.40. The Morgan fingerprint density at radius 3 is 2.80 bits per heavy atom. The number of nitrogens with two attached hydrogens (primary N) is 1. The molecule has 4 heteroatoms. The largest absolute Gasteiger partial charge is 0.388 e. The van der Waals surface area contributed by atoms with Crippen LogP contribution in [0.5, 0.6) is 0 Å². The van der Waals surface area contributed by atoms with Crippen LogP contribution in [0.15, 0.2) is 12.3 Å². The fraction of sp³-hybridized carbons (Fsp3) is 0.545. The predicted molar refractivity (Wildman–Crippen MR) is 60.6 cm³/mol. The number of anilines is 1. The molecule has 15 heavy (non-hydrogen) atoms. The van der Waals surface area contributed by atoms with Crippen LogP contribution in [0.25, 0.3) is 0 Å². The van der Waals surface area contributed by atoms with Gasteiger partial charge in [-0.15, -0.1) is 0 Å². The van der Waals surface area contributed by atoms with E-state index in [1.54, 1.807) is 6.07 Å². The summed E-state index contributed by atoms with van der Waals surface area (Å²) < 4.78 is 0. The highest BCUT2D eigenvalue weighted by Crippen LogP contribution is 2.37. The number of aliphatic hydroxyl groups excluding tert-OH is 1. The highest BCUT2D eigenvalue weighted by Gasteiger charge is 2.26. The van der Waals surface area contributed by atoms with Crippen LogP contribution in [0, 0.1) is 5.92 Å². The fourth-order valence-electron chi connectivity index (χ4n) is 2.23. The van der Waals surface area contributed by atoms with Crippen LogP contribution in [0.4, 0.5) is 5.82 Å². The number of rotatable bonds is 2. The molecule has 1 unspecified atom stereocenters. The van der Waals surface area contributed by atoms with E-state index in [0.29, 0.717) is 22.3 Å². The van der Waals surface area contributed by atoms with Crippen LogP contribution >= 0.6 is 11.6 Å². The smallest absolute Gasteiger partial charge is 0.129 e. The zero-order valence-corrected chi connectivity index (χ0v) is 9.24. The zero-order chi connectivity index (χ0) is 10.8. The van der Waals surface area contributed by atoms with Crippen LogP contribution in [0.3, 0.4) is 0 Å². The molecule has 1 aliphatic carbocycles. The molecule has 0 amide bonds. The summed E-state index contributed by atoms with van der Waals surface area (Å²) in [6.45, 7) is 0. The molecule has 1 atom stereocenters. The molecule has 1 aromatic heterocycles. The first-order valence-electron chi connectivity index (χ1n) is 5.27. The van der Waals surface area contributed by atoms with Gasteiger partial charge in [0, 0.05) is 11.8 Å². The SMILES string of the molecule is Nc1ncc(Cl)cc1C(O)C1CCCC1. The Hall–Kier alpha value is -0.800. The average Bonchev–Trinajstić information content (AvgIpc) is 2.74. The van der Waals surface area contributed by atoms with Gasteiger partial charge in [-0.05, 0) is 24.8 Å². The van der Waals surface area contributed by atoms with E-state index in [9.17, 15) is 5.11 Å². The summed E-state index contributed by atoms with van der Waals surface area (Å²) in [5, 5.41) is 10.7. The van der Waals surface area contributed by atoms with Gasteiger partial charge in [0.15, 0.2) is 0 Å². The zero-order valence-electron chi connectivity index (χ0n) is 8.49. The molecule has 3 nitrogen and oxygen atoms in total. The number of halogens is 1. The van der Waals surface area contributed by atoms with Gasteiger partial charge < -0.3 is 10.8 Å². The molecule has 0 bridgehead atoms. The average molecular weight is 227 g/mol. The van der Waals surface area contributed by atoms with E-state index >= 15 is 0 Å². The van der Waals surface area contributed by atoms with Gasteiger partial charge in [-0.1, -0.05) is 24.4 Å². The lowest BCUT2D eigenvalue weighted by atomic mass is 9.95. The standard InChI is InChI=1S/C11H15ClN2O/c12-8-5-9(11(13)14-6-8)10(15)7-3-1-2-4-7/h5-7,10,15H,1-4H2,(H2,13,14). The Balaban J connectivity index is 2.23. The van der Waals surface area contributed by atoms with Gasteiger partial charge in [0.1, 0.15) is 5.82 Å². The molecular formula is C11H15ClN2O. The van der Waals surface area contributed by atoms with Crippen LogP contribution in [-0.4, -0.2) is 10.1 Å². The van der Waals surface area contributed by atoms with Crippen molar-refractivity contribution in [3.63, 3.8) is 0 Å². The maximum Gasteiger partial charge on any atom is 0.129 e. The first kappa shape index (κ1) is 10.7. The number of pyridine rings is 1. The molecule has 1 fully saturated rings. The third kappa shape index (κ3) is 2.24. The van der Waals surface area contributed by atoms with Gasteiger partial charge in [0.25, 0.3) is 0 Å². The van der Waals surface area contributed by atoms with Gasteiger partial charge >= 0.3 is 0 Å². The molecule has 0 radical (unpaired) electrons. The molecule has 1 heterocycles. The number of aliphatic hydroxyl groups is 1. The van der Waals surface area contributed by atoms with Gasteiger partial charge in [0.05, 0.1) is 11.1 Å². The molecule has 1 aromatic rings. The Labute approximate surface area is 94.3 Å². The Morgan fingerprint density at radius 1 is 1.47 bits per heavy atom. The Bertz CT molecular complexity index is 350. The second-order valence-corrected chi connectivity index (χ2v) is 4.55. The van der Waals surface area contributed by atoms with Crippen molar-refractivity contribution in [3.8, 4) is 0 Å². The molecule has 1 saturated carbocycles. The molecule has 0 saturated heterocycles. The summed E-state index contributed by atoms with van der Waals surface area (Å²) in [7, 11) is 0. The second kappa shape index (κ2) is 4.37. The summed E-state index contributed by atoms with van der Waals surface area (Å²) in [4.78, 5) is 3.96. The first-order valence-corrected chi connectivity index (χ1v) is 5.65. The lowest BCUT2D eigenvalue weighted by Crippen LogP contribution is -2.12. The minimum atomic E-state index is -0.515. The van der Waals surface area contributed by atoms with Crippen LogP contribution < -0.4 is 5.73 Å². The quantitative estimate of drug-likeness (QED) is 0.815. The summed E-state index contributed by atoms with van der Waals surface area (Å²) in [5.41, 5.74) is 6.40. The van der Waals surface area contributed by atoms with Crippen molar-refractivity contribution in [1.29, 1.82) is 0 Å². The summed E-state index contributed by atoms with van der Waals surface area (Å²) >= 11 is 5.84. The lowest BCUT2D eigenvalue weighted by Gasteiger charge is -2.19. The topological polar surface area (TPSA) is 59.1 Å². The minimum Gasteiger partial charge on any atom is -0.388 e. The Kier molecular flexibility index (Phi) is 3.12. The normalized spacial score (nSPS) is 19.3. The maximum absolute atomic E-state index is 10.1. The van der Waals surface area contributed by atoms with E-state index in [0.717, 1.165) is 12.8 Å². The van der Waals surface area contributed by atoms with E-state index in [1.165, 1.54) is 19.0 Å². The second-order valence-electron chi connectivity index (χ2n) is 4.12. The monoisotopic (exact) mass is 226 g/mol. The summed E-state index contributed by atoms with van der Waals surface area (Å²) in [6.07, 6.45) is 5.49. The van der Waals surface area contributed by atoms with Gasteiger partial charge in [-0.25, -0.2) is 4.98 Å². The van der Waals surface area contributed by atoms with Crippen molar-refractivity contribution in [3.05, 3.63) is 22.8 Å².